The van der Waals surface area contributed by atoms with Crippen molar-refractivity contribution in [2.24, 2.45) is 0 Å². The van der Waals surface area contributed by atoms with Crippen LogP contribution < -0.4 is 14.8 Å². The van der Waals surface area contributed by atoms with Crippen LogP contribution in [0.5, 0.6) is 11.5 Å². The van der Waals surface area contributed by atoms with E-state index in [9.17, 15) is 4.79 Å². The fraction of sp³-hybridized carbons (Fsp3) is 0.316. The number of benzene rings is 2. The SMILES string of the molecule is CC[C@H](C)c1ccccc1NC(=O)c1ccc(OC)cc1OC. The number of carbonyl (C=O) groups is 1. The van der Waals surface area contributed by atoms with Gasteiger partial charge in [0.1, 0.15) is 11.5 Å². The first-order valence-electron chi connectivity index (χ1n) is 7.73. The summed E-state index contributed by atoms with van der Waals surface area (Å²) >= 11 is 0. The van der Waals surface area contributed by atoms with Crippen LogP contribution in [0.3, 0.4) is 0 Å². The maximum absolute atomic E-state index is 12.6. The molecule has 0 aromatic heterocycles. The van der Waals surface area contributed by atoms with Crippen molar-refractivity contribution in [1.82, 2.24) is 0 Å². The third-order valence-corrected chi connectivity index (χ3v) is 4.01. The lowest BCUT2D eigenvalue weighted by atomic mass is 9.96. The molecule has 0 heterocycles. The molecule has 0 unspecified atom stereocenters. The first-order valence-corrected chi connectivity index (χ1v) is 7.73. The summed E-state index contributed by atoms with van der Waals surface area (Å²) in [7, 11) is 3.12. The molecule has 1 atom stereocenters. The van der Waals surface area contributed by atoms with Crippen molar-refractivity contribution in [2.45, 2.75) is 26.2 Å². The topological polar surface area (TPSA) is 47.6 Å². The highest BCUT2D eigenvalue weighted by Gasteiger charge is 2.16. The zero-order valence-corrected chi connectivity index (χ0v) is 14.1. The fourth-order valence-corrected chi connectivity index (χ4v) is 2.44. The van der Waals surface area contributed by atoms with E-state index in [2.05, 4.69) is 25.2 Å². The first-order chi connectivity index (χ1) is 11.1. The van der Waals surface area contributed by atoms with Gasteiger partial charge >= 0.3 is 0 Å². The number of carbonyl (C=O) groups excluding carboxylic acids is 1. The number of hydrogen-bond donors (Lipinski definition) is 1. The highest BCUT2D eigenvalue weighted by atomic mass is 16.5. The van der Waals surface area contributed by atoms with Gasteiger partial charge in [0, 0.05) is 11.8 Å². The maximum Gasteiger partial charge on any atom is 0.259 e. The van der Waals surface area contributed by atoms with E-state index in [1.807, 2.05) is 18.2 Å². The van der Waals surface area contributed by atoms with Gasteiger partial charge in [0.2, 0.25) is 0 Å². The highest BCUT2D eigenvalue weighted by molar-refractivity contribution is 6.06. The minimum Gasteiger partial charge on any atom is -0.497 e. The standard InChI is InChI=1S/C19H23NO3/c1-5-13(2)15-8-6-7-9-17(15)20-19(21)16-11-10-14(22-3)12-18(16)23-4/h6-13H,5H2,1-4H3,(H,20,21)/t13-/m0/s1. The Labute approximate surface area is 137 Å². The predicted octanol–water partition coefficient (Wildman–Crippen LogP) is 4.47. The average molecular weight is 313 g/mol. The van der Waals surface area contributed by atoms with E-state index in [1.54, 1.807) is 32.4 Å². The van der Waals surface area contributed by atoms with Crippen LogP contribution in [0, 0.1) is 0 Å². The van der Waals surface area contributed by atoms with E-state index in [1.165, 1.54) is 0 Å². The molecule has 4 nitrogen and oxygen atoms in total. The number of amides is 1. The number of anilines is 1. The molecule has 0 radical (unpaired) electrons. The summed E-state index contributed by atoms with van der Waals surface area (Å²) in [6, 6.07) is 13.1. The number of ether oxygens (including phenoxy) is 2. The van der Waals surface area contributed by atoms with Crippen LogP contribution in [0.2, 0.25) is 0 Å². The molecule has 0 aliphatic rings. The molecule has 0 saturated carbocycles. The van der Waals surface area contributed by atoms with Crippen LogP contribution in [0.4, 0.5) is 5.69 Å². The van der Waals surface area contributed by atoms with E-state index in [0.29, 0.717) is 23.0 Å². The summed E-state index contributed by atoms with van der Waals surface area (Å²) in [6.07, 6.45) is 1.01. The van der Waals surface area contributed by atoms with Crippen molar-refractivity contribution in [3.05, 3.63) is 53.6 Å². The van der Waals surface area contributed by atoms with Gasteiger partial charge in [-0.2, -0.15) is 0 Å². The summed E-state index contributed by atoms with van der Waals surface area (Å²) in [5, 5.41) is 2.99. The number of methoxy groups -OCH3 is 2. The molecule has 0 aliphatic carbocycles. The minimum absolute atomic E-state index is 0.194. The number of hydrogen-bond acceptors (Lipinski definition) is 3. The number of rotatable bonds is 6. The quantitative estimate of drug-likeness (QED) is 0.856. The van der Waals surface area contributed by atoms with Gasteiger partial charge < -0.3 is 14.8 Å². The second-order valence-electron chi connectivity index (χ2n) is 5.42. The van der Waals surface area contributed by atoms with E-state index in [4.69, 9.17) is 9.47 Å². The molecule has 2 aromatic rings. The van der Waals surface area contributed by atoms with Crippen molar-refractivity contribution in [3.63, 3.8) is 0 Å². The Morgan fingerprint density at radius 1 is 1.13 bits per heavy atom. The normalized spacial score (nSPS) is 11.7. The smallest absolute Gasteiger partial charge is 0.259 e. The lowest BCUT2D eigenvalue weighted by Crippen LogP contribution is -2.15. The van der Waals surface area contributed by atoms with Crippen LogP contribution >= 0.6 is 0 Å². The van der Waals surface area contributed by atoms with E-state index in [0.717, 1.165) is 17.7 Å². The minimum atomic E-state index is -0.194. The third kappa shape index (κ3) is 3.83. The van der Waals surface area contributed by atoms with Gasteiger partial charge in [-0.25, -0.2) is 0 Å². The van der Waals surface area contributed by atoms with Gasteiger partial charge in [-0.3, -0.25) is 4.79 Å². The van der Waals surface area contributed by atoms with Gasteiger partial charge in [-0.15, -0.1) is 0 Å². The zero-order chi connectivity index (χ0) is 16.8. The van der Waals surface area contributed by atoms with Crippen LogP contribution in [0.1, 0.15) is 42.1 Å². The molecule has 4 heteroatoms. The largest absolute Gasteiger partial charge is 0.497 e. The molecule has 2 rings (SSSR count). The lowest BCUT2D eigenvalue weighted by Gasteiger charge is -2.16. The lowest BCUT2D eigenvalue weighted by molar-refractivity contribution is 0.102. The predicted molar refractivity (Wildman–Crippen MR) is 92.6 cm³/mol. The van der Waals surface area contributed by atoms with Crippen LogP contribution in [-0.2, 0) is 0 Å². The molecule has 122 valence electrons. The summed E-state index contributed by atoms with van der Waals surface area (Å²) in [4.78, 5) is 12.6. The Morgan fingerprint density at radius 3 is 2.52 bits per heavy atom. The van der Waals surface area contributed by atoms with Crippen LogP contribution in [-0.4, -0.2) is 20.1 Å². The molecule has 0 bridgehead atoms. The van der Waals surface area contributed by atoms with Crippen molar-refractivity contribution in [2.75, 3.05) is 19.5 Å². The molecule has 0 fully saturated rings. The van der Waals surface area contributed by atoms with Crippen LogP contribution in [0.25, 0.3) is 0 Å². The van der Waals surface area contributed by atoms with Crippen molar-refractivity contribution in [3.8, 4) is 11.5 Å². The first kappa shape index (κ1) is 16.9. The third-order valence-electron chi connectivity index (χ3n) is 4.01. The Hall–Kier alpha value is -2.49. The molecule has 0 saturated heterocycles. The second-order valence-corrected chi connectivity index (χ2v) is 5.42. The molecule has 1 amide bonds. The Bertz CT molecular complexity index is 682. The van der Waals surface area contributed by atoms with Crippen molar-refractivity contribution < 1.29 is 14.3 Å². The monoisotopic (exact) mass is 313 g/mol. The molecular weight excluding hydrogens is 290 g/mol. The van der Waals surface area contributed by atoms with Gasteiger partial charge in [-0.1, -0.05) is 32.0 Å². The second kappa shape index (κ2) is 7.68. The van der Waals surface area contributed by atoms with E-state index < -0.39 is 0 Å². The summed E-state index contributed by atoms with van der Waals surface area (Å²) in [5.41, 5.74) is 2.45. The summed E-state index contributed by atoms with van der Waals surface area (Å²) < 4.78 is 10.5. The summed E-state index contributed by atoms with van der Waals surface area (Å²) in [5.74, 6) is 1.32. The summed E-state index contributed by atoms with van der Waals surface area (Å²) in [6.45, 7) is 4.29. The van der Waals surface area contributed by atoms with Gasteiger partial charge in [0.25, 0.3) is 5.91 Å². The fourth-order valence-electron chi connectivity index (χ4n) is 2.44. The van der Waals surface area contributed by atoms with Crippen molar-refractivity contribution >= 4 is 11.6 Å². The highest BCUT2D eigenvalue weighted by Crippen LogP contribution is 2.29. The van der Waals surface area contributed by atoms with Gasteiger partial charge in [0.15, 0.2) is 0 Å². The number of para-hydroxylation sites is 1. The Kier molecular flexibility index (Phi) is 5.63. The number of nitrogens with one attached hydrogen (secondary N) is 1. The average Bonchev–Trinajstić information content (AvgIpc) is 2.60. The van der Waals surface area contributed by atoms with Gasteiger partial charge in [0.05, 0.1) is 19.8 Å². The maximum atomic E-state index is 12.6. The Morgan fingerprint density at radius 2 is 1.87 bits per heavy atom. The molecule has 1 N–H and O–H groups in total. The molecular formula is C19H23NO3. The van der Waals surface area contributed by atoms with E-state index in [-0.39, 0.29) is 5.91 Å². The van der Waals surface area contributed by atoms with E-state index >= 15 is 0 Å². The Balaban J connectivity index is 2.30. The van der Waals surface area contributed by atoms with Gasteiger partial charge in [-0.05, 0) is 36.1 Å². The molecule has 23 heavy (non-hydrogen) atoms. The molecule has 2 aromatic carbocycles. The zero-order valence-electron chi connectivity index (χ0n) is 14.1. The molecule has 0 spiro atoms. The van der Waals surface area contributed by atoms with Crippen molar-refractivity contribution in [1.29, 1.82) is 0 Å². The molecule has 0 aliphatic heterocycles. The van der Waals surface area contributed by atoms with Crippen LogP contribution in [0.15, 0.2) is 42.5 Å².